The molecule has 0 aliphatic carbocycles. The zero-order valence-corrected chi connectivity index (χ0v) is 11.8. The summed E-state index contributed by atoms with van der Waals surface area (Å²) in [6.45, 7) is 1.96. The van der Waals surface area contributed by atoms with Crippen LogP contribution in [0.15, 0.2) is 48.7 Å². The molecule has 3 nitrogen and oxygen atoms in total. The topological polar surface area (TPSA) is 34.9 Å². The van der Waals surface area contributed by atoms with Crippen molar-refractivity contribution in [2.45, 2.75) is 6.92 Å². The number of hydrogen-bond donors (Lipinski definition) is 0. The van der Waals surface area contributed by atoms with Gasteiger partial charge in [0, 0.05) is 17.8 Å². The summed E-state index contributed by atoms with van der Waals surface area (Å²) >= 11 is 0. The summed E-state index contributed by atoms with van der Waals surface area (Å²) in [6, 6.07) is 10.7. The SMILES string of the molecule is Cc1ccc(-c2nn(-c3ccc(F)cc3F)cc2C=O)cc1. The Morgan fingerprint density at radius 3 is 2.45 bits per heavy atom. The first-order chi connectivity index (χ1) is 10.6. The van der Waals surface area contributed by atoms with Crippen molar-refractivity contribution in [3.8, 4) is 16.9 Å². The minimum Gasteiger partial charge on any atom is -0.298 e. The minimum atomic E-state index is -0.740. The number of rotatable bonds is 3. The van der Waals surface area contributed by atoms with Gasteiger partial charge in [-0.15, -0.1) is 0 Å². The van der Waals surface area contributed by atoms with Crippen LogP contribution < -0.4 is 0 Å². The van der Waals surface area contributed by atoms with Crippen LogP contribution in [-0.4, -0.2) is 16.1 Å². The fourth-order valence-corrected chi connectivity index (χ4v) is 2.20. The molecule has 0 fully saturated rings. The molecule has 0 saturated carbocycles. The van der Waals surface area contributed by atoms with E-state index in [1.807, 2.05) is 31.2 Å². The molecule has 0 bridgehead atoms. The third kappa shape index (κ3) is 2.53. The molecule has 0 aliphatic heterocycles. The zero-order chi connectivity index (χ0) is 15.7. The molecular formula is C17H12F2N2O. The average Bonchev–Trinajstić information content (AvgIpc) is 2.92. The smallest absolute Gasteiger partial charge is 0.153 e. The lowest BCUT2D eigenvalue weighted by molar-refractivity contribution is 0.112. The first-order valence-electron chi connectivity index (χ1n) is 6.66. The predicted octanol–water partition coefficient (Wildman–Crippen LogP) is 3.94. The summed E-state index contributed by atoms with van der Waals surface area (Å²) in [4.78, 5) is 11.2. The van der Waals surface area contributed by atoms with E-state index in [1.165, 1.54) is 16.9 Å². The average molecular weight is 298 g/mol. The summed E-state index contributed by atoms with van der Waals surface area (Å²) in [6.07, 6.45) is 2.10. The van der Waals surface area contributed by atoms with Gasteiger partial charge < -0.3 is 0 Å². The monoisotopic (exact) mass is 298 g/mol. The number of aryl methyl sites for hydroxylation is 1. The third-order valence-electron chi connectivity index (χ3n) is 3.35. The van der Waals surface area contributed by atoms with Crippen LogP contribution in [-0.2, 0) is 0 Å². The van der Waals surface area contributed by atoms with Crippen molar-refractivity contribution in [2.75, 3.05) is 0 Å². The Bertz CT molecular complexity index is 838. The van der Waals surface area contributed by atoms with Crippen LogP contribution >= 0.6 is 0 Å². The Balaban J connectivity index is 2.12. The summed E-state index contributed by atoms with van der Waals surface area (Å²) in [5.41, 5.74) is 2.73. The van der Waals surface area contributed by atoms with Gasteiger partial charge in [0.1, 0.15) is 17.2 Å². The molecule has 0 saturated heterocycles. The molecule has 3 rings (SSSR count). The lowest BCUT2D eigenvalue weighted by Gasteiger charge is -2.03. The first kappa shape index (κ1) is 14.1. The van der Waals surface area contributed by atoms with Crippen molar-refractivity contribution in [1.82, 2.24) is 9.78 Å². The molecule has 0 radical (unpaired) electrons. The highest BCUT2D eigenvalue weighted by Gasteiger charge is 2.14. The molecule has 110 valence electrons. The Hall–Kier alpha value is -2.82. The van der Waals surface area contributed by atoms with Crippen LogP contribution in [0.25, 0.3) is 16.9 Å². The van der Waals surface area contributed by atoms with Crippen LogP contribution in [0.3, 0.4) is 0 Å². The second-order valence-corrected chi connectivity index (χ2v) is 4.96. The van der Waals surface area contributed by atoms with E-state index in [-0.39, 0.29) is 5.69 Å². The van der Waals surface area contributed by atoms with Gasteiger partial charge in [-0.05, 0) is 19.1 Å². The van der Waals surface area contributed by atoms with Crippen LogP contribution in [0, 0.1) is 18.6 Å². The van der Waals surface area contributed by atoms with E-state index >= 15 is 0 Å². The molecule has 22 heavy (non-hydrogen) atoms. The van der Waals surface area contributed by atoms with E-state index in [4.69, 9.17) is 0 Å². The Labute approximate surface area is 125 Å². The molecule has 1 aromatic heterocycles. The number of carbonyl (C=O) groups is 1. The van der Waals surface area contributed by atoms with E-state index in [0.717, 1.165) is 23.3 Å². The van der Waals surface area contributed by atoms with Crippen molar-refractivity contribution in [1.29, 1.82) is 0 Å². The molecule has 0 atom stereocenters. The van der Waals surface area contributed by atoms with Crippen molar-refractivity contribution in [3.05, 3.63) is 71.4 Å². The number of benzene rings is 2. The molecule has 2 aromatic carbocycles. The molecule has 0 spiro atoms. The van der Waals surface area contributed by atoms with Gasteiger partial charge in [-0.1, -0.05) is 29.8 Å². The van der Waals surface area contributed by atoms with Gasteiger partial charge in [-0.25, -0.2) is 13.5 Å². The lowest BCUT2D eigenvalue weighted by Crippen LogP contribution is -1.99. The normalized spacial score (nSPS) is 10.7. The fourth-order valence-electron chi connectivity index (χ4n) is 2.20. The zero-order valence-electron chi connectivity index (χ0n) is 11.8. The third-order valence-corrected chi connectivity index (χ3v) is 3.35. The van der Waals surface area contributed by atoms with Crippen molar-refractivity contribution < 1.29 is 13.6 Å². The largest absolute Gasteiger partial charge is 0.298 e. The van der Waals surface area contributed by atoms with Gasteiger partial charge in [-0.2, -0.15) is 5.10 Å². The molecule has 0 aliphatic rings. The number of hydrogen-bond acceptors (Lipinski definition) is 2. The van der Waals surface area contributed by atoms with E-state index in [1.54, 1.807) is 0 Å². The van der Waals surface area contributed by atoms with Crippen LogP contribution in [0.4, 0.5) is 8.78 Å². The summed E-state index contributed by atoms with van der Waals surface area (Å²) in [5, 5.41) is 4.26. The Kier molecular flexibility index (Phi) is 3.55. The van der Waals surface area contributed by atoms with E-state index < -0.39 is 11.6 Å². The number of aromatic nitrogens is 2. The fraction of sp³-hybridized carbons (Fsp3) is 0.0588. The maximum atomic E-state index is 13.8. The molecule has 1 heterocycles. The van der Waals surface area contributed by atoms with Crippen molar-refractivity contribution in [2.24, 2.45) is 0 Å². The van der Waals surface area contributed by atoms with Gasteiger partial charge in [0.25, 0.3) is 0 Å². The molecular weight excluding hydrogens is 286 g/mol. The second-order valence-electron chi connectivity index (χ2n) is 4.96. The first-order valence-corrected chi connectivity index (χ1v) is 6.66. The Morgan fingerprint density at radius 2 is 1.82 bits per heavy atom. The van der Waals surface area contributed by atoms with Crippen LogP contribution in [0.5, 0.6) is 0 Å². The lowest BCUT2D eigenvalue weighted by atomic mass is 10.1. The van der Waals surface area contributed by atoms with Crippen LogP contribution in [0.2, 0.25) is 0 Å². The highest BCUT2D eigenvalue weighted by molar-refractivity contribution is 5.85. The molecule has 0 unspecified atom stereocenters. The predicted molar refractivity (Wildman–Crippen MR) is 79.0 cm³/mol. The van der Waals surface area contributed by atoms with Gasteiger partial charge in [-0.3, -0.25) is 4.79 Å². The highest BCUT2D eigenvalue weighted by Crippen LogP contribution is 2.24. The summed E-state index contributed by atoms with van der Waals surface area (Å²) in [7, 11) is 0. The molecule has 0 N–H and O–H groups in total. The number of carbonyl (C=O) groups excluding carboxylic acids is 1. The minimum absolute atomic E-state index is 0.0860. The van der Waals surface area contributed by atoms with E-state index in [2.05, 4.69) is 5.10 Å². The van der Waals surface area contributed by atoms with Gasteiger partial charge >= 0.3 is 0 Å². The van der Waals surface area contributed by atoms with Gasteiger partial charge in [0.15, 0.2) is 12.1 Å². The summed E-state index contributed by atoms with van der Waals surface area (Å²) < 4.78 is 28.1. The maximum Gasteiger partial charge on any atom is 0.153 e. The quantitative estimate of drug-likeness (QED) is 0.686. The maximum absolute atomic E-state index is 13.8. The van der Waals surface area contributed by atoms with E-state index in [9.17, 15) is 13.6 Å². The van der Waals surface area contributed by atoms with Crippen molar-refractivity contribution >= 4 is 6.29 Å². The number of nitrogens with zero attached hydrogens (tertiary/aromatic N) is 2. The van der Waals surface area contributed by atoms with Crippen LogP contribution in [0.1, 0.15) is 15.9 Å². The van der Waals surface area contributed by atoms with Gasteiger partial charge in [0.05, 0.1) is 5.56 Å². The number of halogens is 2. The molecule has 3 aromatic rings. The summed E-state index contributed by atoms with van der Waals surface area (Å²) in [5.74, 6) is -1.40. The molecule has 5 heteroatoms. The standard InChI is InChI=1S/C17H12F2N2O/c1-11-2-4-12(5-3-11)17-13(10-22)9-21(20-17)16-7-6-14(18)8-15(16)19/h2-10H,1H3. The van der Waals surface area contributed by atoms with Crippen molar-refractivity contribution in [3.63, 3.8) is 0 Å². The van der Waals surface area contributed by atoms with Gasteiger partial charge in [0.2, 0.25) is 0 Å². The number of aldehydes is 1. The Morgan fingerprint density at radius 1 is 1.09 bits per heavy atom. The highest BCUT2D eigenvalue weighted by atomic mass is 19.1. The molecule has 0 amide bonds. The second kappa shape index (κ2) is 5.52. The van der Waals surface area contributed by atoms with E-state index in [0.29, 0.717) is 17.5 Å².